The first-order valence-corrected chi connectivity index (χ1v) is 14.1. The number of nitrogens with zero attached hydrogens (tertiary/aromatic N) is 2. The molecular weight excluding hydrogens is 436 g/mol. The molecule has 8 bridgehead atoms. The van der Waals surface area contributed by atoms with Crippen molar-refractivity contribution in [1.82, 2.24) is 4.98 Å². The predicted octanol–water partition coefficient (Wildman–Crippen LogP) is 5.46. The van der Waals surface area contributed by atoms with Crippen molar-refractivity contribution in [3.63, 3.8) is 0 Å². The maximum absolute atomic E-state index is 13.7. The van der Waals surface area contributed by atoms with E-state index in [9.17, 15) is 9.59 Å². The number of nitrogens with one attached hydrogen (secondary N) is 2. The topological polar surface area (TPSA) is 74.3 Å². The summed E-state index contributed by atoms with van der Waals surface area (Å²) in [6.07, 6.45) is 14.1. The first-order valence-electron chi connectivity index (χ1n) is 14.1. The van der Waals surface area contributed by atoms with E-state index in [-0.39, 0.29) is 22.6 Å². The van der Waals surface area contributed by atoms with Crippen LogP contribution in [0.15, 0.2) is 12.1 Å². The zero-order valence-electron chi connectivity index (χ0n) is 21.3. The molecule has 9 rings (SSSR count). The maximum Gasteiger partial charge on any atom is 0.231 e. The summed E-state index contributed by atoms with van der Waals surface area (Å²) in [5, 5.41) is 6.43. The molecule has 0 aromatic carbocycles. The highest BCUT2D eigenvalue weighted by Crippen LogP contribution is 2.61. The summed E-state index contributed by atoms with van der Waals surface area (Å²) in [5.41, 5.74) is 0.516. The highest BCUT2D eigenvalue weighted by Gasteiger charge is 2.56. The van der Waals surface area contributed by atoms with Gasteiger partial charge in [0, 0.05) is 31.9 Å². The van der Waals surface area contributed by atoms with Crippen LogP contribution < -0.4 is 15.5 Å². The molecule has 8 fully saturated rings. The van der Waals surface area contributed by atoms with Gasteiger partial charge in [0.1, 0.15) is 11.6 Å². The molecule has 0 atom stereocenters. The summed E-state index contributed by atoms with van der Waals surface area (Å²) in [4.78, 5) is 34.1. The average molecular weight is 477 g/mol. The van der Waals surface area contributed by atoms with Gasteiger partial charge in [-0.25, -0.2) is 4.98 Å². The fourth-order valence-corrected chi connectivity index (χ4v) is 10.2. The monoisotopic (exact) mass is 476 g/mol. The van der Waals surface area contributed by atoms with E-state index in [0.717, 1.165) is 79.7 Å². The molecular formula is C29H40N4O2. The normalized spacial score (nSPS) is 42.2. The number of hydrogen-bond acceptors (Lipinski definition) is 4. The van der Waals surface area contributed by atoms with Crippen molar-refractivity contribution in [2.24, 2.45) is 46.3 Å². The summed E-state index contributed by atoms with van der Waals surface area (Å²) in [6, 6.07) is 3.89. The lowest BCUT2D eigenvalue weighted by Gasteiger charge is -2.55. The summed E-state index contributed by atoms with van der Waals surface area (Å²) < 4.78 is 0. The fraction of sp³-hybridized carbons (Fsp3) is 0.759. The first kappa shape index (κ1) is 22.1. The third-order valence-corrected chi connectivity index (χ3v) is 10.8. The molecule has 0 aliphatic heterocycles. The minimum absolute atomic E-state index is 0.151. The molecule has 2 amide bonds. The second-order valence-corrected chi connectivity index (χ2v) is 13.8. The molecule has 0 radical (unpaired) electrons. The molecule has 1 aromatic rings. The molecule has 1 heterocycles. The zero-order valence-corrected chi connectivity index (χ0v) is 21.3. The van der Waals surface area contributed by atoms with Crippen molar-refractivity contribution >= 4 is 29.1 Å². The van der Waals surface area contributed by atoms with Gasteiger partial charge >= 0.3 is 0 Å². The lowest BCUT2D eigenvalue weighted by Crippen LogP contribution is -2.52. The SMILES string of the molecule is CN(C)c1cc(NC(=O)C23CC4CC(CC(C4)C2)C3)nc(NC(=O)C23CC4CC(CC(C4)C2)C3)c1. The highest BCUT2D eigenvalue weighted by molar-refractivity contribution is 5.97. The van der Waals surface area contributed by atoms with Crippen LogP contribution in [0.25, 0.3) is 0 Å². The Bertz CT molecular complexity index is 916. The second kappa shape index (κ2) is 7.69. The molecule has 6 heteroatoms. The number of amides is 2. The van der Waals surface area contributed by atoms with E-state index in [1.54, 1.807) is 0 Å². The van der Waals surface area contributed by atoms with Gasteiger partial charge in [-0.05, 0) is 113 Å². The number of pyridine rings is 1. The molecule has 8 aliphatic rings. The van der Waals surface area contributed by atoms with E-state index < -0.39 is 0 Å². The number of hydrogen-bond donors (Lipinski definition) is 2. The minimum atomic E-state index is -0.215. The van der Waals surface area contributed by atoms with Crippen LogP contribution >= 0.6 is 0 Å². The molecule has 188 valence electrons. The van der Waals surface area contributed by atoms with Crippen molar-refractivity contribution in [1.29, 1.82) is 0 Å². The van der Waals surface area contributed by atoms with Crippen molar-refractivity contribution in [3.8, 4) is 0 Å². The van der Waals surface area contributed by atoms with Crippen LogP contribution in [0.5, 0.6) is 0 Å². The van der Waals surface area contributed by atoms with Gasteiger partial charge in [-0.1, -0.05) is 0 Å². The first-order chi connectivity index (χ1) is 16.8. The third kappa shape index (κ3) is 3.69. The largest absolute Gasteiger partial charge is 0.377 e. The van der Waals surface area contributed by atoms with Crippen molar-refractivity contribution in [2.75, 3.05) is 29.6 Å². The van der Waals surface area contributed by atoms with Crippen molar-refractivity contribution < 1.29 is 9.59 Å². The van der Waals surface area contributed by atoms with Crippen LogP contribution in [0.1, 0.15) is 77.0 Å². The Morgan fingerprint density at radius 3 is 1.29 bits per heavy atom. The highest BCUT2D eigenvalue weighted by atomic mass is 16.2. The van der Waals surface area contributed by atoms with Gasteiger partial charge in [-0.3, -0.25) is 9.59 Å². The standard InChI is InChI=1S/C29H40N4O2/c1-33(2)23-9-24(31-26(34)28-11-17-3-18(12-28)5-19(4-17)13-28)30-25(10-23)32-27(35)29-14-20-6-21(15-29)8-22(7-20)16-29/h9-10,17-22H,3-8,11-16H2,1-2H3,(H2,30,31,32,34,35). The molecule has 6 nitrogen and oxygen atoms in total. The van der Waals surface area contributed by atoms with E-state index in [2.05, 4.69) is 10.6 Å². The molecule has 8 aliphatic carbocycles. The summed E-state index contributed by atoms with van der Waals surface area (Å²) in [5.74, 6) is 5.79. The van der Waals surface area contributed by atoms with Gasteiger partial charge in [0.15, 0.2) is 0 Å². The van der Waals surface area contributed by atoms with Gasteiger partial charge in [-0.15, -0.1) is 0 Å². The lowest BCUT2D eigenvalue weighted by molar-refractivity contribution is -0.140. The number of carbonyl (C=O) groups is 2. The summed E-state index contributed by atoms with van der Waals surface area (Å²) in [7, 11) is 3.98. The molecule has 2 N–H and O–H groups in total. The van der Waals surface area contributed by atoms with Crippen LogP contribution in [0.2, 0.25) is 0 Å². The van der Waals surface area contributed by atoms with E-state index in [1.807, 2.05) is 31.1 Å². The predicted molar refractivity (Wildman–Crippen MR) is 137 cm³/mol. The van der Waals surface area contributed by atoms with Gasteiger partial charge in [0.25, 0.3) is 0 Å². The summed E-state index contributed by atoms with van der Waals surface area (Å²) >= 11 is 0. The number of aromatic nitrogens is 1. The lowest BCUT2D eigenvalue weighted by atomic mass is 9.49. The average Bonchev–Trinajstić information content (AvgIpc) is 2.77. The van der Waals surface area contributed by atoms with Crippen LogP contribution in [0.3, 0.4) is 0 Å². The summed E-state index contributed by atoms with van der Waals surface area (Å²) in [6.45, 7) is 0. The van der Waals surface area contributed by atoms with Gasteiger partial charge in [0.2, 0.25) is 11.8 Å². The van der Waals surface area contributed by atoms with Crippen molar-refractivity contribution in [3.05, 3.63) is 12.1 Å². The molecule has 35 heavy (non-hydrogen) atoms. The Labute approximate surface area is 209 Å². The van der Waals surface area contributed by atoms with E-state index >= 15 is 0 Å². The quantitative estimate of drug-likeness (QED) is 0.592. The Hall–Kier alpha value is -2.11. The van der Waals surface area contributed by atoms with E-state index in [4.69, 9.17) is 4.98 Å². The van der Waals surface area contributed by atoms with Crippen molar-refractivity contribution in [2.45, 2.75) is 77.0 Å². The molecule has 0 saturated heterocycles. The zero-order chi connectivity index (χ0) is 23.9. The Morgan fingerprint density at radius 2 is 1.00 bits per heavy atom. The molecule has 0 unspecified atom stereocenters. The smallest absolute Gasteiger partial charge is 0.231 e. The molecule has 8 saturated carbocycles. The van der Waals surface area contributed by atoms with Crippen LogP contribution in [0.4, 0.5) is 17.3 Å². The second-order valence-electron chi connectivity index (χ2n) is 13.8. The van der Waals surface area contributed by atoms with E-state index in [1.165, 1.54) is 38.5 Å². The van der Waals surface area contributed by atoms with E-state index in [0.29, 0.717) is 11.6 Å². The number of carbonyl (C=O) groups excluding carboxylic acids is 2. The fourth-order valence-electron chi connectivity index (χ4n) is 10.2. The third-order valence-electron chi connectivity index (χ3n) is 10.8. The van der Waals surface area contributed by atoms with Crippen LogP contribution in [-0.4, -0.2) is 30.9 Å². The van der Waals surface area contributed by atoms with Gasteiger partial charge in [-0.2, -0.15) is 0 Å². The molecule has 0 spiro atoms. The molecule has 1 aromatic heterocycles. The Morgan fingerprint density at radius 1 is 0.686 bits per heavy atom. The Kier molecular flexibility index (Phi) is 4.86. The number of anilines is 3. The van der Waals surface area contributed by atoms with Crippen LogP contribution in [-0.2, 0) is 9.59 Å². The van der Waals surface area contributed by atoms with Gasteiger partial charge in [0.05, 0.1) is 10.8 Å². The van der Waals surface area contributed by atoms with Gasteiger partial charge < -0.3 is 15.5 Å². The number of rotatable bonds is 5. The Balaban J connectivity index is 1.12. The maximum atomic E-state index is 13.7. The minimum Gasteiger partial charge on any atom is -0.377 e. The van der Waals surface area contributed by atoms with Crippen LogP contribution in [0, 0.1) is 46.3 Å².